The lowest BCUT2D eigenvalue weighted by molar-refractivity contribution is -0.386. The molecule has 0 heterocycles. The molecule has 8 nitrogen and oxygen atoms in total. The van der Waals surface area contributed by atoms with Crippen molar-refractivity contribution in [1.82, 2.24) is 0 Å². The quantitative estimate of drug-likeness (QED) is 0.106. The molecule has 25 aliphatic rings. The monoisotopic (exact) mass is 1300 g/mol. The molecular formula is C89H108N2O6. The summed E-state index contributed by atoms with van der Waals surface area (Å²) in [5.41, 5.74) is 12.4. The number of fused-ring (bicyclic) bond motifs is 3. The number of phenolic OH excluding ortho intramolecular Hbond substituents is 2. The Hall–Kier alpha value is -4.72. The second-order valence-corrected chi connectivity index (χ2v) is 43.6. The van der Waals surface area contributed by atoms with Crippen LogP contribution < -0.4 is 0 Å². The Kier molecular flexibility index (Phi) is 11.1. The van der Waals surface area contributed by atoms with E-state index in [1.807, 2.05) is 12.1 Å². The van der Waals surface area contributed by atoms with Gasteiger partial charge in [-0.1, -0.05) is 52.0 Å². The summed E-state index contributed by atoms with van der Waals surface area (Å²) in [6.07, 6.45) is 43.3. The van der Waals surface area contributed by atoms with Crippen LogP contribution in [0.3, 0.4) is 0 Å². The highest BCUT2D eigenvalue weighted by atomic mass is 16.6. The Morgan fingerprint density at radius 3 is 0.784 bits per heavy atom. The van der Waals surface area contributed by atoms with Crippen molar-refractivity contribution in [2.45, 2.75) is 297 Å². The largest absolute Gasteiger partial charge is 0.502 e. The molecule has 0 saturated heterocycles. The molecule has 8 heteroatoms. The van der Waals surface area contributed by atoms with Crippen molar-refractivity contribution < 1.29 is 20.1 Å². The van der Waals surface area contributed by atoms with E-state index in [1.54, 1.807) is 11.1 Å². The first-order chi connectivity index (χ1) is 46.3. The number of nitro groups is 2. The molecule has 4 unspecified atom stereocenters. The second-order valence-electron chi connectivity index (χ2n) is 43.6. The first kappa shape index (κ1) is 58.9. The van der Waals surface area contributed by atoms with Gasteiger partial charge in [0.15, 0.2) is 11.5 Å². The number of hydrogen-bond acceptors (Lipinski definition) is 6. The molecule has 24 bridgehead atoms. The molecule has 2 N–H and O–H groups in total. The van der Waals surface area contributed by atoms with Crippen LogP contribution in [0.5, 0.6) is 11.5 Å². The van der Waals surface area contributed by atoms with Crippen molar-refractivity contribution in [3.8, 4) is 22.6 Å². The lowest BCUT2D eigenvalue weighted by Gasteiger charge is -2.65. The zero-order valence-electron chi connectivity index (χ0n) is 59.1. The van der Waals surface area contributed by atoms with Gasteiger partial charge in [-0.3, -0.25) is 20.2 Å². The van der Waals surface area contributed by atoms with Crippen LogP contribution in [0.15, 0.2) is 48.5 Å². The predicted octanol–water partition coefficient (Wildman–Crippen LogP) is 21.6. The van der Waals surface area contributed by atoms with Gasteiger partial charge in [0.1, 0.15) is 0 Å². The topological polar surface area (TPSA) is 127 Å². The molecule has 4 atom stereocenters. The van der Waals surface area contributed by atoms with Gasteiger partial charge in [-0.2, -0.15) is 0 Å². The molecule has 24 saturated carbocycles. The number of nitrogens with zero attached hydrogens (tertiary/aromatic N) is 2. The van der Waals surface area contributed by atoms with E-state index in [2.05, 4.69) is 64.1 Å². The summed E-state index contributed by atoms with van der Waals surface area (Å²) in [5.74, 6) is 9.17. The molecule has 0 amide bonds. The average Bonchev–Trinajstić information content (AvgIpc) is 1.54. The average molecular weight is 1300 g/mol. The van der Waals surface area contributed by atoms with Gasteiger partial charge in [-0.25, -0.2) is 0 Å². The smallest absolute Gasteiger partial charge is 0.311 e. The SMILES string of the molecule is CC12CC3CC(C)(C1)CC(c1cc(C4(c5cc([N+](=O)[O-])c(O)c(C67CC8CC(C)(CC(C)(C8)C6)C7)c5)c5cc(C67CC8CC(CC(C8)C6)C7)cc(C67CC8CC(CC(C8)C6)C7)c5-c5c(C67CC8CC(CC(C8)C6)C7)cc(C67CC8CC(CC(C8)C6)C7)cc54)cc([N+](=O)[O-])c1O)(C3)C2. The molecule has 4 aromatic rings. The highest BCUT2D eigenvalue weighted by molar-refractivity contribution is 5.93. The van der Waals surface area contributed by atoms with Crippen LogP contribution in [0, 0.1) is 125 Å². The van der Waals surface area contributed by atoms with E-state index in [-0.39, 0.29) is 76.0 Å². The summed E-state index contributed by atoms with van der Waals surface area (Å²) < 4.78 is 0. The molecule has 4 aromatic carbocycles. The van der Waals surface area contributed by atoms with E-state index in [0.29, 0.717) is 82.9 Å². The molecule has 0 radical (unpaired) electrons. The Labute approximate surface area is 576 Å². The van der Waals surface area contributed by atoms with Crippen LogP contribution in [-0.4, -0.2) is 20.1 Å². The Bertz CT molecular complexity index is 3790. The molecule has 510 valence electrons. The maximum Gasteiger partial charge on any atom is 0.311 e. The Morgan fingerprint density at radius 2 is 0.526 bits per heavy atom. The van der Waals surface area contributed by atoms with Crippen molar-refractivity contribution >= 4 is 11.4 Å². The molecule has 97 heavy (non-hydrogen) atoms. The van der Waals surface area contributed by atoms with Crippen molar-refractivity contribution in [2.75, 3.05) is 0 Å². The number of nitro benzene ring substituents is 2. The molecule has 0 aliphatic heterocycles. The normalized spacial score (nSPS) is 50.5. The number of hydrogen-bond donors (Lipinski definition) is 2. The molecule has 29 rings (SSSR count). The van der Waals surface area contributed by atoms with Crippen molar-refractivity contribution in [1.29, 1.82) is 0 Å². The summed E-state index contributed by atoms with van der Waals surface area (Å²) in [6, 6.07) is 20.1. The summed E-state index contributed by atoms with van der Waals surface area (Å²) in [4.78, 5) is 29.3. The lowest BCUT2D eigenvalue weighted by atomic mass is 9.39. The van der Waals surface area contributed by atoms with Gasteiger partial charge >= 0.3 is 11.4 Å². The van der Waals surface area contributed by atoms with Crippen LogP contribution in [-0.2, 0) is 37.9 Å². The van der Waals surface area contributed by atoms with Crippen LogP contribution in [0.1, 0.15) is 314 Å². The third kappa shape index (κ3) is 7.81. The van der Waals surface area contributed by atoms with E-state index in [0.717, 1.165) is 73.6 Å². The van der Waals surface area contributed by atoms with Crippen LogP contribution in [0.2, 0.25) is 0 Å². The minimum absolute atomic E-state index is 0.000843. The van der Waals surface area contributed by atoms with E-state index < -0.39 is 16.2 Å². The van der Waals surface area contributed by atoms with Crippen LogP contribution in [0.25, 0.3) is 11.1 Å². The maximum absolute atomic E-state index is 14.9. The second kappa shape index (κ2) is 18.4. The van der Waals surface area contributed by atoms with Crippen LogP contribution in [0.4, 0.5) is 11.4 Å². The summed E-state index contributed by atoms with van der Waals surface area (Å²) in [6.45, 7) is 10.0. The predicted molar refractivity (Wildman–Crippen MR) is 378 cm³/mol. The van der Waals surface area contributed by atoms with E-state index >= 15 is 0 Å². The van der Waals surface area contributed by atoms with E-state index in [4.69, 9.17) is 0 Å². The zero-order valence-corrected chi connectivity index (χ0v) is 59.1. The highest BCUT2D eigenvalue weighted by Crippen LogP contribution is 2.77. The third-order valence-corrected chi connectivity index (χ3v) is 35.7. The fourth-order valence-electron chi connectivity index (χ4n) is 36.9. The molecule has 25 aliphatic carbocycles. The first-order valence-electron chi connectivity index (χ1n) is 40.7. The van der Waals surface area contributed by atoms with Crippen molar-refractivity contribution in [2.24, 2.45) is 105 Å². The number of aromatic hydroxyl groups is 2. The Morgan fingerprint density at radius 1 is 0.289 bits per heavy atom. The molecular weight excluding hydrogens is 1190 g/mol. The van der Waals surface area contributed by atoms with Gasteiger partial charge in [0, 0.05) is 34.1 Å². The minimum atomic E-state index is -1.29. The highest BCUT2D eigenvalue weighted by Gasteiger charge is 2.67. The molecule has 0 aromatic heterocycles. The summed E-state index contributed by atoms with van der Waals surface area (Å²) in [7, 11) is 0. The van der Waals surface area contributed by atoms with Gasteiger partial charge in [-0.15, -0.1) is 0 Å². The van der Waals surface area contributed by atoms with E-state index in [1.165, 1.54) is 213 Å². The summed E-state index contributed by atoms with van der Waals surface area (Å²) >= 11 is 0. The van der Waals surface area contributed by atoms with Gasteiger partial charge in [0.05, 0.1) is 15.3 Å². The zero-order chi connectivity index (χ0) is 65.1. The van der Waals surface area contributed by atoms with Crippen molar-refractivity contribution in [3.63, 3.8) is 0 Å². The van der Waals surface area contributed by atoms with Gasteiger partial charge in [0.25, 0.3) is 0 Å². The number of phenols is 2. The molecule has 24 fully saturated rings. The molecule has 0 spiro atoms. The maximum atomic E-state index is 14.9. The van der Waals surface area contributed by atoms with Crippen molar-refractivity contribution in [3.05, 3.63) is 124 Å². The Balaban J connectivity index is 0.909. The van der Waals surface area contributed by atoms with E-state index in [9.17, 15) is 30.4 Å². The first-order valence-corrected chi connectivity index (χ1v) is 40.7. The van der Waals surface area contributed by atoms with Crippen LogP contribution >= 0.6 is 0 Å². The lowest BCUT2D eigenvalue weighted by Crippen LogP contribution is -2.57. The number of rotatable bonds is 10. The fourth-order valence-corrected chi connectivity index (χ4v) is 36.9. The van der Waals surface area contributed by atoms with Gasteiger partial charge in [0.2, 0.25) is 0 Å². The van der Waals surface area contributed by atoms with Gasteiger partial charge in [-0.05, 0) is 425 Å². The summed E-state index contributed by atoms with van der Waals surface area (Å²) in [5, 5.41) is 56.8. The van der Waals surface area contributed by atoms with Gasteiger partial charge < -0.3 is 10.2 Å². The fraction of sp³-hybridized carbons (Fsp3) is 0.730. The third-order valence-electron chi connectivity index (χ3n) is 35.7. The standard InChI is InChI=1S/C89H108N2O6/c1-79-25-61-26-80(2,43-79)46-87(41-61,45-79)71-21-65(23-73(77(71)92)90(94)95)89(66-22-72(78(93)74(24-66)91(96)97)88-42-62-27-81(3,47-88)44-82(4,28-62)48-88)69-19-63(83-29-49-5-50(30-83)7-51(6-49)31-83)17-67(85-35-55-11-56(36-85)13-57(12-55)37-85)75(69)76-68(86-38-58-14-59(39-86)16-60(15-58)40-86)18-64(20-70(76)89)84-32-52-8-53(33-84)10-54(9-52)34-84/h17-24,49-62,92-93H,5-16,25-48H2,1-4H3. The minimum Gasteiger partial charge on any atom is -0.502 e. The number of benzene rings is 4.